The molecule has 0 aromatic rings. The first kappa shape index (κ1) is 33.5. The molecular formula is C37H66O3Si. The summed E-state index contributed by atoms with van der Waals surface area (Å²) in [6, 6.07) is 0. The van der Waals surface area contributed by atoms with Crippen molar-refractivity contribution >= 4 is 8.32 Å². The first-order valence-corrected chi connectivity index (χ1v) is 20.2. The molecule has 4 rings (SSSR count). The number of hydrogen-bond donors (Lipinski definition) is 0. The van der Waals surface area contributed by atoms with Gasteiger partial charge in [0.15, 0.2) is 14.6 Å². The molecule has 0 spiro atoms. The zero-order valence-corrected chi connectivity index (χ0v) is 30.1. The molecule has 4 aliphatic rings. The van der Waals surface area contributed by atoms with E-state index in [0.29, 0.717) is 29.5 Å². The van der Waals surface area contributed by atoms with Crippen molar-refractivity contribution in [3.05, 3.63) is 23.8 Å². The van der Waals surface area contributed by atoms with Crippen molar-refractivity contribution in [3.8, 4) is 0 Å². The summed E-state index contributed by atoms with van der Waals surface area (Å²) in [6.45, 7) is 28.9. The third-order valence-corrected chi connectivity index (χ3v) is 17.5. The van der Waals surface area contributed by atoms with Gasteiger partial charge in [0.05, 0.1) is 5.60 Å². The molecule has 4 aliphatic carbocycles. The third kappa shape index (κ3) is 6.81. The summed E-state index contributed by atoms with van der Waals surface area (Å²) >= 11 is 0. The summed E-state index contributed by atoms with van der Waals surface area (Å²) in [5.41, 5.74) is 2.42. The molecule has 3 saturated carbocycles. The second-order valence-corrected chi connectivity index (χ2v) is 21.9. The standard InChI is InChI=1S/C37H66O3Si/c1-13-38-27(3)39-35(7,8)22-14-15-26(2)31-18-19-32-30-17-16-28-25-29(40-41(11,12)34(4,5)6)20-23-36(28,9)33(30)21-24-37(31,32)10/h14-16,26-27,29-33H,13,17-25H2,1-12H3/b15-14+/t26-,27?,29+,30+,31-,32+,33+,36+,37-/m1/s1. The molecule has 9 atom stereocenters. The highest BCUT2D eigenvalue weighted by atomic mass is 28.4. The summed E-state index contributed by atoms with van der Waals surface area (Å²) in [5, 5.41) is 0.283. The largest absolute Gasteiger partial charge is 0.414 e. The molecule has 236 valence electrons. The van der Waals surface area contributed by atoms with Gasteiger partial charge >= 0.3 is 0 Å². The summed E-state index contributed by atoms with van der Waals surface area (Å²) in [4.78, 5) is 0. The first-order valence-electron chi connectivity index (χ1n) is 17.3. The Labute approximate surface area is 255 Å². The van der Waals surface area contributed by atoms with E-state index in [4.69, 9.17) is 13.9 Å². The zero-order chi connectivity index (χ0) is 30.4. The Morgan fingerprint density at radius 3 is 2.37 bits per heavy atom. The highest BCUT2D eigenvalue weighted by Crippen LogP contribution is 2.67. The second-order valence-electron chi connectivity index (χ2n) is 17.1. The van der Waals surface area contributed by atoms with Crippen molar-refractivity contribution in [1.29, 1.82) is 0 Å². The normalized spacial score (nSPS) is 37.8. The molecule has 0 aromatic carbocycles. The molecule has 3 fully saturated rings. The average molecular weight is 587 g/mol. The first-order chi connectivity index (χ1) is 18.9. The SMILES string of the molecule is CCOC(C)OC(C)(C)C/C=C/[C@@H](C)[C@H]1CC[C@H]2[C@@H]3CC=C4C[C@@H](O[Si](C)(C)C(C)(C)C)CC[C@]4(C)[C@H]3CC[C@]12C. The summed E-state index contributed by atoms with van der Waals surface area (Å²) < 4.78 is 18.7. The van der Waals surface area contributed by atoms with Crippen molar-refractivity contribution in [2.75, 3.05) is 6.61 Å². The molecule has 0 radical (unpaired) electrons. The molecule has 3 nitrogen and oxygen atoms in total. The highest BCUT2D eigenvalue weighted by molar-refractivity contribution is 6.74. The van der Waals surface area contributed by atoms with Crippen LogP contribution < -0.4 is 0 Å². The van der Waals surface area contributed by atoms with Crippen LogP contribution in [0.2, 0.25) is 18.1 Å². The minimum Gasteiger partial charge on any atom is -0.414 e. The lowest BCUT2D eigenvalue weighted by molar-refractivity contribution is -0.187. The Balaban J connectivity index is 1.41. The number of rotatable bonds is 10. The molecule has 0 N–H and O–H groups in total. The van der Waals surface area contributed by atoms with Crippen molar-refractivity contribution < 1.29 is 13.9 Å². The van der Waals surface area contributed by atoms with E-state index < -0.39 is 8.32 Å². The van der Waals surface area contributed by atoms with Gasteiger partial charge in [-0.1, -0.05) is 65.3 Å². The van der Waals surface area contributed by atoms with Crippen LogP contribution in [0.1, 0.15) is 127 Å². The lowest BCUT2D eigenvalue weighted by atomic mass is 9.47. The summed E-state index contributed by atoms with van der Waals surface area (Å²) in [6.07, 6.45) is 19.6. The van der Waals surface area contributed by atoms with Gasteiger partial charge in [-0.2, -0.15) is 0 Å². The molecule has 41 heavy (non-hydrogen) atoms. The Hall–Kier alpha value is -0.423. The van der Waals surface area contributed by atoms with E-state index in [9.17, 15) is 0 Å². The van der Waals surface area contributed by atoms with Crippen LogP contribution in [-0.4, -0.2) is 32.9 Å². The van der Waals surface area contributed by atoms with Gasteiger partial charge in [-0.15, -0.1) is 0 Å². The minimum atomic E-state index is -1.73. The molecule has 0 amide bonds. The maximum absolute atomic E-state index is 6.96. The van der Waals surface area contributed by atoms with Gasteiger partial charge in [-0.3, -0.25) is 0 Å². The topological polar surface area (TPSA) is 27.7 Å². The fourth-order valence-electron chi connectivity index (χ4n) is 9.69. The van der Waals surface area contributed by atoms with E-state index in [-0.39, 0.29) is 16.9 Å². The van der Waals surface area contributed by atoms with Crippen LogP contribution in [0.4, 0.5) is 0 Å². The monoisotopic (exact) mass is 586 g/mol. The molecule has 0 aromatic heterocycles. The Kier molecular flexibility index (Phi) is 9.93. The highest BCUT2D eigenvalue weighted by Gasteiger charge is 2.59. The maximum atomic E-state index is 6.96. The lowest BCUT2D eigenvalue weighted by Gasteiger charge is -2.59. The fraction of sp³-hybridized carbons (Fsp3) is 0.892. The maximum Gasteiger partial charge on any atom is 0.192 e. The van der Waals surface area contributed by atoms with E-state index in [1.165, 1.54) is 51.4 Å². The van der Waals surface area contributed by atoms with Gasteiger partial charge < -0.3 is 13.9 Å². The van der Waals surface area contributed by atoms with Crippen molar-refractivity contribution in [1.82, 2.24) is 0 Å². The summed E-state index contributed by atoms with van der Waals surface area (Å²) in [7, 11) is -1.73. The minimum absolute atomic E-state index is 0.155. The van der Waals surface area contributed by atoms with Gasteiger partial charge in [-0.05, 0) is 144 Å². The van der Waals surface area contributed by atoms with Crippen LogP contribution in [0.5, 0.6) is 0 Å². The van der Waals surface area contributed by atoms with Crippen LogP contribution in [0.15, 0.2) is 23.8 Å². The predicted octanol–water partition coefficient (Wildman–Crippen LogP) is 10.7. The van der Waals surface area contributed by atoms with E-state index in [1.54, 1.807) is 5.57 Å². The molecular weight excluding hydrogens is 520 g/mol. The number of ether oxygens (including phenoxy) is 2. The van der Waals surface area contributed by atoms with Crippen molar-refractivity contribution in [3.63, 3.8) is 0 Å². The van der Waals surface area contributed by atoms with Crippen LogP contribution in [-0.2, 0) is 13.9 Å². The fourth-order valence-corrected chi connectivity index (χ4v) is 11.1. The van der Waals surface area contributed by atoms with Gasteiger partial charge in [-0.25, -0.2) is 0 Å². The third-order valence-electron chi connectivity index (χ3n) is 13.0. The van der Waals surface area contributed by atoms with Gasteiger partial charge in [0.25, 0.3) is 0 Å². The lowest BCUT2D eigenvalue weighted by Crippen LogP contribution is -2.52. The van der Waals surface area contributed by atoms with E-state index >= 15 is 0 Å². The number of hydrogen-bond acceptors (Lipinski definition) is 3. The molecule has 4 heteroatoms. The second kappa shape index (κ2) is 12.2. The van der Waals surface area contributed by atoms with Gasteiger partial charge in [0, 0.05) is 12.7 Å². The molecule has 0 bridgehead atoms. The molecule has 0 heterocycles. The van der Waals surface area contributed by atoms with Gasteiger partial charge in [0.1, 0.15) is 0 Å². The number of fused-ring (bicyclic) bond motifs is 5. The number of allylic oxidation sites excluding steroid dienone is 2. The van der Waals surface area contributed by atoms with E-state index in [1.807, 2.05) is 13.8 Å². The Morgan fingerprint density at radius 1 is 1.00 bits per heavy atom. The van der Waals surface area contributed by atoms with Gasteiger partial charge in [0.2, 0.25) is 0 Å². The van der Waals surface area contributed by atoms with Crippen molar-refractivity contribution in [2.45, 2.75) is 163 Å². The Morgan fingerprint density at radius 2 is 1.71 bits per heavy atom. The Bertz CT molecular complexity index is 960. The van der Waals surface area contributed by atoms with Crippen LogP contribution in [0, 0.1) is 40.4 Å². The van der Waals surface area contributed by atoms with E-state index in [2.05, 4.69) is 86.7 Å². The quantitative estimate of drug-likeness (QED) is 0.145. The molecule has 0 aliphatic heterocycles. The average Bonchev–Trinajstić information content (AvgIpc) is 3.20. The smallest absolute Gasteiger partial charge is 0.192 e. The zero-order valence-electron chi connectivity index (χ0n) is 29.1. The molecule has 0 saturated heterocycles. The molecule has 1 unspecified atom stereocenters. The summed E-state index contributed by atoms with van der Waals surface area (Å²) in [5.74, 6) is 4.03. The van der Waals surface area contributed by atoms with Crippen LogP contribution >= 0.6 is 0 Å². The van der Waals surface area contributed by atoms with Crippen LogP contribution in [0.3, 0.4) is 0 Å². The predicted molar refractivity (Wildman–Crippen MR) is 176 cm³/mol. The van der Waals surface area contributed by atoms with E-state index in [0.717, 1.165) is 30.1 Å². The van der Waals surface area contributed by atoms with Crippen molar-refractivity contribution in [2.24, 2.45) is 40.4 Å². The van der Waals surface area contributed by atoms with Crippen LogP contribution in [0.25, 0.3) is 0 Å².